The third-order valence-electron chi connectivity index (χ3n) is 2.96. The largest absolute Gasteiger partial charge is 0.466 e. The van der Waals surface area contributed by atoms with Crippen LogP contribution in [0.3, 0.4) is 0 Å². The highest BCUT2D eigenvalue weighted by molar-refractivity contribution is 5.94. The van der Waals surface area contributed by atoms with Crippen molar-refractivity contribution in [2.75, 3.05) is 17.7 Å². The number of fused-ring (bicyclic) bond motifs is 1. The maximum Gasteiger partial charge on any atom is 0.352 e. The second kappa shape index (κ2) is 3.70. The predicted molar refractivity (Wildman–Crippen MR) is 63.3 cm³/mol. The summed E-state index contributed by atoms with van der Waals surface area (Å²) < 4.78 is 4.87. The number of rotatable bonds is 2. The molecule has 0 amide bonds. The van der Waals surface area contributed by atoms with Gasteiger partial charge in [0.25, 0.3) is 0 Å². The summed E-state index contributed by atoms with van der Waals surface area (Å²) in [5.41, 5.74) is 1.02. The van der Waals surface area contributed by atoms with E-state index in [1.165, 1.54) is 7.11 Å². The smallest absolute Gasteiger partial charge is 0.352 e. The van der Waals surface area contributed by atoms with E-state index in [-0.39, 0.29) is 11.9 Å². The number of hydrogen-bond donors (Lipinski definition) is 2. The summed E-state index contributed by atoms with van der Waals surface area (Å²) in [4.78, 5) is 11.9. The Labute approximate surface area is 95.0 Å². The van der Waals surface area contributed by atoms with Crippen LogP contribution < -0.4 is 10.6 Å². The Morgan fingerprint density at radius 2 is 1.75 bits per heavy atom. The molecule has 1 heterocycles. The summed E-state index contributed by atoms with van der Waals surface area (Å²) >= 11 is 0. The van der Waals surface area contributed by atoms with Crippen LogP contribution in [0.1, 0.15) is 13.8 Å². The molecule has 4 nitrogen and oxygen atoms in total. The number of esters is 1. The molecule has 0 unspecified atom stereocenters. The van der Waals surface area contributed by atoms with Crippen molar-refractivity contribution < 1.29 is 9.53 Å². The quantitative estimate of drug-likeness (QED) is 0.749. The van der Waals surface area contributed by atoms with Gasteiger partial charge in [-0.05, 0) is 12.1 Å². The van der Waals surface area contributed by atoms with Crippen LogP contribution in [0.5, 0.6) is 0 Å². The van der Waals surface area contributed by atoms with Gasteiger partial charge in [0.1, 0.15) is 0 Å². The molecule has 1 aliphatic heterocycles. The van der Waals surface area contributed by atoms with Gasteiger partial charge in [-0.1, -0.05) is 26.0 Å². The highest BCUT2D eigenvalue weighted by Gasteiger charge is 2.47. The zero-order valence-corrected chi connectivity index (χ0v) is 9.70. The van der Waals surface area contributed by atoms with Gasteiger partial charge in [-0.15, -0.1) is 0 Å². The third kappa shape index (κ3) is 1.41. The lowest BCUT2D eigenvalue weighted by Crippen LogP contribution is -2.54. The summed E-state index contributed by atoms with van der Waals surface area (Å²) in [6, 6.07) is 7.74. The molecule has 0 bridgehead atoms. The predicted octanol–water partition coefficient (Wildman–Crippen LogP) is 2.05. The normalized spacial score (nSPS) is 16.2. The third-order valence-corrected chi connectivity index (χ3v) is 2.96. The van der Waals surface area contributed by atoms with Crippen molar-refractivity contribution in [1.82, 2.24) is 0 Å². The van der Waals surface area contributed by atoms with Crippen LogP contribution in [0.4, 0.5) is 11.4 Å². The van der Waals surface area contributed by atoms with E-state index in [9.17, 15) is 4.79 Å². The van der Waals surface area contributed by atoms with Gasteiger partial charge < -0.3 is 15.4 Å². The maximum atomic E-state index is 11.9. The lowest BCUT2D eigenvalue weighted by atomic mass is 9.97. The molecular weight excluding hydrogens is 204 g/mol. The molecule has 86 valence electrons. The lowest BCUT2D eigenvalue weighted by molar-refractivity contribution is -0.146. The van der Waals surface area contributed by atoms with Crippen molar-refractivity contribution in [3.05, 3.63) is 24.3 Å². The van der Waals surface area contributed by atoms with Crippen LogP contribution in [0.2, 0.25) is 0 Å². The highest BCUT2D eigenvalue weighted by atomic mass is 16.5. The first-order valence-corrected chi connectivity index (χ1v) is 5.34. The van der Waals surface area contributed by atoms with E-state index >= 15 is 0 Å². The minimum Gasteiger partial charge on any atom is -0.466 e. The molecule has 4 heteroatoms. The van der Waals surface area contributed by atoms with E-state index in [1.54, 1.807) is 0 Å². The number of benzene rings is 1. The first-order valence-electron chi connectivity index (χ1n) is 5.34. The number of hydrogen-bond acceptors (Lipinski definition) is 4. The van der Waals surface area contributed by atoms with Gasteiger partial charge in [0.2, 0.25) is 5.66 Å². The Kier molecular flexibility index (Phi) is 2.50. The number of para-hydroxylation sites is 2. The Balaban J connectivity index is 2.38. The van der Waals surface area contributed by atoms with Gasteiger partial charge >= 0.3 is 5.97 Å². The monoisotopic (exact) mass is 220 g/mol. The molecule has 16 heavy (non-hydrogen) atoms. The minimum absolute atomic E-state index is 0.0762. The Morgan fingerprint density at radius 3 is 2.12 bits per heavy atom. The molecule has 0 saturated heterocycles. The van der Waals surface area contributed by atoms with Crippen molar-refractivity contribution >= 4 is 17.3 Å². The van der Waals surface area contributed by atoms with Crippen LogP contribution in [-0.2, 0) is 9.53 Å². The summed E-state index contributed by atoms with van der Waals surface area (Å²) in [6.07, 6.45) is 0. The molecule has 0 aliphatic carbocycles. The van der Waals surface area contributed by atoms with E-state index in [0.717, 1.165) is 11.4 Å². The van der Waals surface area contributed by atoms with E-state index in [0.29, 0.717) is 0 Å². The first-order chi connectivity index (χ1) is 7.60. The highest BCUT2D eigenvalue weighted by Crippen LogP contribution is 2.37. The second-order valence-electron chi connectivity index (χ2n) is 4.25. The van der Waals surface area contributed by atoms with Crippen LogP contribution in [-0.4, -0.2) is 18.7 Å². The molecule has 0 radical (unpaired) electrons. The summed E-state index contributed by atoms with van der Waals surface area (Å²) in [5.74, 6) is -0.217. The zero-order chi connectivity index (χ0) is 11.8. The molecule has 0 atom stereocenters. The fraction of sp³-hybridized carbons (Fsp3) is 0.417. The van der Waals surface area contributed by atoms with Gasteiger partial charge in [-0.25, -0.2) is 4.79 Å². The Morgan fingerprint density at radius 1 is 1.25 bits per heavy atom. The zero-order valence-electron chi connectivity index (χ0n) is 9.70. The molecule has 0 spiro atoms. The van der Waals surface area contributed by atoms with E-state index < -0.39 is 5.66 Å². The number of methoxy groups -OCH3 is 1. The van der Waals surface area contributed by atoms with Crippen molar-refractivity contribution in [2.45, 2.75) is 19.5 Å². The fourth-order valence-corrected chi connectivity index (χ4v) is 1.94. The van der Waals surface area contributed by atoms with Gasteiger partial charge in [0.05, 0.1) is 18.5 Å². The molecular formula is C12H16N2O2. The maximum absolute atomic E-state index is 11.9. The molecule has 0 aromatic heterocycles. The average molecular weight is 220 g/mol. The van der Waals surface area contributed by atoms with Crippen LogP contribution in [0.15, 0.2) is 24.3 Å². The second-order valence-corrected chi connectivity index (χ2v) is 4.25. The van der Waals surface area contributed by atoms with Gasteiger partial charge in [0, 0.05) is 5.92 Å². The molecule has 1 aromatic carbocycles. The van der Waals surface area contributed by atoms with Crippen molar-refractivity contribution in [3.63, 3.8) is 0 Å². The Hall–Kier alpha value is -1.71. The first kappa shape index (κ1) is 10.8. The topological polar surface area (TPSA) is 50.4 Å². The minimum atomic E-state index is -0.849. The van der Waals surface area contributed by atoms with Gasteiger partial charge in [0.15, 0.2) is 0 Å². The SMILES string of the molecule is COC(=O)C1(C(C)C)Nc2ccccc2N1. The molecule has 2 rings (SSSR count). The number of carbonyl (C=O) groups is 1. The van der Waals surface area contributed by atoms with E-state index in [1.807, 2.05) is 38.1 Å². The number of ether oxygens (including phenoxy) is 1. The average Bonchev–Trinajstić information content (AvgIpc) is 2.68. The lowest BCUT2D eigenvalue weighted by Gasteiger charge is -2.31. The number of anilines is 2. The molecule has 0 fully saturated rings. The summed E-state index contributed by atoms with van der Waals surface area (Å²) in [6.45, 7) is 3.95. The van der Waals surface area contributed by atoms with Crippen LogP contribution >= 0.6 is 0 Å². The van der Waals surface area contributed by atoms with Crippen molar-refractivity contribution in [2.24, 2.45) is 5.92 Å². The summed E-state index contributed by atoms with van der Waals surface area (Å²) in [7, 11) is 1.40. The fourth-order valence-electron chi connectivity index (χ4n) is 1.94. The number of nitrogens with one attached hydrogen (secondary N) is 2. The molecule has 1 aromatic rings. The van der Waals surface area contributed by atoms with E-state index in [4.69, 9.17) is 4.74 Å². The van der Waals surface area contributed by atoms with Gasteiger partial charge in [-0.3, -0.25) is 0 Å². The van der Waals surface area contributed by atoms with Crippen molar-refractivity contribution in [1.29, 1.82) is 0 Å². The van der Waals surface area contributed by atoms with Crippen LogP contribution in [0, 0.1) is 5.92 Å². The molecule has 2 N–H and O–H groups in total. The van der Waals surface area contributed by atoms with Crippen molar-refractivity contribution in [3.8, 4) is 0 Å². The molecule has 1 aliphatic rings. The molecule has 0 saturated carbocycles. The standard InChI is InChI=1S/C12H16N2O2/c1-8(2)12(11(15)16-3)13-9-6-4-5-7-10(9)14-12/h4-8,13-14H,1-3H3. The van der Waals surface area contributed by atoms with Gasteiger partial charge in [-0.2, -0.15) is 0 Å². The van der Waals surface area contributed by atoms with Crippen LogP contribution in [0.25, 0.3) is 0 Å². The Bertz CT molecular complexity index is 390. The van der Waals surface area contributed by atoms with E-state index in [2.05, 4.69) is 10.6 Å². The summed E-state index contributed by atoms with van der Waals surface area (Å²) in [5, 5.41) is 6.42. The number of carbonyl (C=O) groups excluding carboxylic acids is 1.